The summed E-state index contributed by atoms with van der Waals surface area (Å²) in [6.45, 7) is 11.0. The molecule has 11 nitrogen and oxygen atoms in total. The first-order valence-corrected chi connectivity index (χ1v) is 17.3. The quantitative estimate of drug-likeness (QED) is 0.173. The number of ketones is 1. The van der Waals surface area contributed by atoms with Gasteiger partial charge in [-0.25, -0.2) is 4.79 Å². The average Bonchev–Trinajstić information content (AvgIpc) is 3.92. The molecular weight excluding hydrogens is 594 g/mol. The highest BCUT2D eigenvalue weighted by atomic mass is 16.7. The zero-order valence-electron chi connectivity index (χ0n) is 27.9. The third-order valence-electron chi connectivity index (χ3n) is 12.5. The Bertz CT molecular complexity index is 1250. The molecule has 0 spiro atoms. The minimum absolute atomic E-state index is 0.0221. The predicted octanol–water partition coefficient (Wildman–Crippen LogP) is 2.60. The van der Waals surface area contributed by atoms with Gasteiger partial charge in [0.1, 0.15) is 35.7 Å². The molecule has 5 N–H and O–H groups in total. The number of nitrogens with zero attached hydrogens (tertiary/aromatic N) is 1. The fourth-order valence-corrected chi connectivity index (χ4v) is 9.84. The highest BCUT2D eigenvalue weighted by Gasteiger charge is 2.73. The van der Waals surface area contributed by atoms with E-state index in [1.54, 1.807) is 26.8 Å². The Labute approximate surface area is 271 Å². The van der Waals surface area contributed by atoms with Gasteiger partial charge in [0.2, 0.25) is 0 Å². The number of hydrogen-bond acceptors (Lipinski definition) is 11. The molecule has 1 unspecified atom stereocenters. The molecule has 5 fully saturated rings. The molecule has 258 valence electrons. The van der Waals surface area contributed by atoms with Crippen molar-refractivity contribution in [2.75, 3.05) is 6.54 Å². The Morgan fingerprint density at radius 1 is 1.02 bits per heavy atom. The van der Waals surface area contributed by atoms with Crippen LogP contribution in [0.4, 0.5) is 0 Å². The van der Waals surface area contributed by atoms with Gasteiger partial charge in [-0.1, -0.05) is 39.7 Å². The van der Waals surface area contributed by atoms with Crippen LogP contribution in [0, 0.1) is 41.4 Å². The van der Waals surface area contributed by atoms with Crippen LogP contribution in [-0.4, -0.2) is 103 Å². The van der Waals surface area contributed by atoms with Crippen LogP contribution in [0.25, 0.3) is 0 Å². The molecule has 0 radical (unpaired) electrons. The number of rotatable bonds is 3. The van der Waals surface area contributed by atoms with Crippen molar-refractivity contribution in [2.24, 2.45) is 41.4 Å². The second-order valence-corrected chi connectivity index (χ2v) is 15.5. The largest absolute Gasteiger partial charge is 0.511 e. The predicted molar refractivity (Wildman–Crippen MR) is 166 cm³/mol. The number of Topliss-reactive ketones (excluding diaryl/α,β-unsaturated/α-hetero) is 1. The van der Waals surface area contributed by atoms with Crippen molar-refractivity contribution in [1.29, 1.82) is 0 Å². The number of carbonyl (C=O) groups is 2. The van der Waals surface area contributed by atoms with E-state index in [0.717, 1.165) is 37.2 Å². The Hall–Kier alpha value is -1.86. The first-order valence-electron chi connectivity index (χ1n) is 17.3. The van der Waals surface area contributed by atoms with E-state index < -0.39 is 71.8 Å². The van der Waals surface area contributed by atoms with Crippen molar-refractivity contribution in [3.05, 3.63) is 23.0 Å². The van der Waals surface area contributed by atoms with Crippen LogP contribution in [-0.2, 0) is 23.9 Å². The molecule has 2 bridgehead atoms. The van der Waals surface area contributed by atoms with Crippen molar-refractivity contribution in [3.8, 4) is 0 Å². The molecule has 0 aromatic carbocycles. The molecule has 17 atom stereocenters. The number of fused-ring (bicyclic) bond motifs is 12. The van der Waals surface area contributed by atoms with E-state index in [4.69, 9.17) is 14.3 Å². The molecule has 5 heterocycles. The highest BCUT2D eigenvalue weighted by molar-refractivity contribution is 6.19. The van der Waals surface area contributed by atoms with Crippen LogP contribution in [0.2, 0.25) is 0 Å². The van der Waals surface area contributed by atoms with E-state index in [1.165, 1.54) is 0 Å². The summed E-state index contributed by atoms with van der Waals surface area (Å²) in [5.74, 6) is -2.44. The van der Waals surface area contributed by atoms with E-state index >= 15 is 0 Å². The summed E-state index contributed by atoms with van der Waals surface area (Å²) in [5.41, 5.74) is -0.616. The maximum atomic E-state index is 13.9. The molecule has 7 rings (SSSR count). The number of carbonyl (C=O) groups excluding carboxylic acids is 2. The SMILES string of the molecule is C/C=C(\C)[C@H](O)[C@H](O)[C@H]1[C@@H](O)[C@H](O)[C@@H](C)CCCC[C@@H]2O[C@]2(C)[C@@H]2[C@@H]3O[C@@H]3[C@H]3C[C@@H](C)C[C@@H](C)[C@H]3[C@H]2/C(O)=C2/C(=O)CN1OC2=O. The number of hydrogen-bond donors (Lipinski definition) is 5. The summed E-state index contributed by atoms with van der Waals surface area (Å²) in [6.07, 6.45) is 0.0892. The van der Waals surface area contributed by atoms with Gasteiger partial charge in [-0.2, -0.15) is 0 Å². The van der Waals surface area contributed by atoms with Crippen molar-refractivity contribution in [2.45, 2.75) is 134 Å². The normalized spacial score (nSPS) is 51.0. The van der Waals surface area contributed by atoms with Gasteiger partial charge in [-0.3, -0.25) is 4.79 Å². The van der Waals surface area contributed by atoms with Crippen LogP contribution >= 0.6 is 0 Å². The number of hydroxylamine groups is 2. The minimum atomic E-state index is -1.71. The maximum Gasteiger partial charge on any atom is 0.364 e. The molecule has 0 aromatic heterocycles. The van der Waals surface area contributed by atoms with Gasteiger partial charge in [0.15, 0.2) is 5.78 Å². The van der Waals surface area contributed by atoms with Gasteiger partial charge < -0.3 is 39.8 Å². The second kappa shape index (κ2) is 12.5. The van der Waals surface area contributed by atoms with Crippen LogP contribution in [0.1, 0.15) is 80.1 Å². The van der Waals surface area contributed by atoms with Gasteiger partial charge in [0.05, 0.1) is 36.6 Å². The number of ether oxygens (including phenoxy) is 2. The van der Waals surface area contributed by atoms with Gasteiger partial charge >= 0.3 is 5.97 Å². The molecule has 11 heteroatoms. The second-order valence-electron chi connectivity index (χ2n) is 15.5. The Morgan fingerprint density at radius 2 is 1.72 bits per heavy atom. The fraction of sp³-hybridized carbons (Fsp3) is 0.829. The van der Waals surface area contributed by atoms with Crippen LogP contribution < -0.4 is 0 Å². The van der Waals surface area contributed by atoms with Crippen molar-refractivity contribution in [1.82, 2.24) is 5.06 Å². The van der Waals surface area contributed by atoms with Gasteiger partial charge in [0.25, 0.3) is 0 Å². The Balaban J connectivity index is 1.42. The van der Waals surface area contributed by atoms with Crippen molar-refractivity contribution in [3.63, 3.8) is 0 Å². The average molecular weight is 648 g/mol. The lowest BCUT2D eigenvalue weighted by molar-refractivity contribution is -0.238. The van der Waals surface area contributed by atoms with E-state index in [0.29, 0.717) is 17.9 Å². The molecule has 3 saturated heterocycles. The lowest BCUT2D eigenvalue weighted by Crippen LogP contribution is -2.62. The standard InChI is InChI=1S/C35H53NO10/c1-7-16(3)27(38)30(41)26-31(42)28(39)17(4)10-8-9-11-21-35(6,45-21)25-24(29(40)23-20(37)14-36(26)46-34(23)43)22-18(5)12-15(2)13-19(22)32-33(25)44-32/h7,15,17-19,21-22,24-28,30-33,38-42H,8-14H2,1-6H3/b16-7+,29-23+/t15-,17-,18+,19-,21-,22+,24+,25-,26-,27-,28+,30+,31+,32+,33-,35-/m0/s1. The number of allylic oxidation sites excluding steroid dienone is 2. The molecule has 0 aromatic rings. The summed E-state index contributed by atoms with van der Waals surface area (Å²) in [7, 11) is 0. The summed E-state index contributed by atoms with van der Waals surface area (Å²) in [6, 6.07) is -1.53. The Kier molecular flexibility index (Phi) is 9.28. The zero-order chi connectivity index (χ0) is 33.4. The molecule has 46 heavy (non-hydrogen) atoms. The lowest BCUT2D eigenvalue weighted by Gasteiger charge is -2.49. The van der Waals surface area contributed by atoms with Crippen molar-refractivity contribution < 1.29 is 49.4 Å². The first kappa shape index (κ1) is 34.0. The third-order valence-corrected chi connectivity index (χ3v) is 12.5. The molecule has 5 aliphatic heterocycles. The van der Waals surface area contributed by atoms with E-state index in [1.807, 2.05) is 0 Å². The van der Waals surface area contributed by atoms with Gasteiger partial charge in [0, 0.05) is 11.8 Å². The Morgan fingerprint density at radius 3 is 2.39 bits per heavy atom. The van der Waals surface area contributed by atoms with Crippen LogP contribution in [0.5, 0.6) is 0 Å². The summed E-state index contributed by atoms with van der Waals surface area (Å²) in [4.78, 5) is 33.4. The number of aliphatic hydroxyl groups excluding tert-OH is 5. The summed E-state index contributed by atoms with van der Waals surface area (Å²) in [5, 5.41) is 57.9. The van der Waals surface area contributed by atoms with Gasteiger partial charge in [-0.15, -0.1) is 5.06 Å². The molecule has 7 aliphatic rings. The number of epoxide rings is 2. The fourth-order valence-electron chi connectivity index (χ4n) is 9.84. The molecule has 2 saturated carbocycles. The topological polar surface area (TPSA) is 173 Å². The van der Waals surface area contributed by atoms with E-state index in [9.17, 15) is 35.1 Å². The van der Waals surface area contributed by atoms with E-state index in [-0.39, 0.29) is 47.7 Å². The highest BCUT2D eigenvalue weighted by Crippen LogP contribution is 2.65. The summed E-state index contributed by atoms with van der Waals surface area (Å²) >= 11 is 0. The molecule has 2 aliphatic carbocycles. The lowest BCUT2D eigenvalue weighted by atomic mass is 9.53. The van der Waals surface area contributed by atoms with Crippen LogP contribution in [0.3, 0.4) is 0 Å². The molecular formula is C35H53NO10. The first-order chi connectivity index (χ1) is 21.7. The zero-order valence-corrected chi connectivity index (χ0v) is 27.9. The van der Waals surface area contributed by atoms with Gasteiger partial charge in [-0.05, 0) is 81.6 Å². The van der Waals surface area contributed by atoms with E-state index in [2.05, 4.69) is 20.8 Å². The number of aliphatic hydroxyl groups is 5. The molecule has 0 amide bonds. The maximum absolute atomic E-state index is 13.9. The third kappa shape index (κ3) is 5.67. The minimum Gasteiger partial charge on any atom is -0.511 e. The van der Waals surface area contributed by atoms with Crippen molar-refractivity contribution >= 4 is 11.8 Å². The van der Waals surface area contributed by atoms with Crippen LogP contribution in [0.15, 0.2) is 23.0 Å². The summed E-state index contributed by atoms with van der Waals surface area (Å²) < 4.78 is 12.8. The monoisotopic (exact) mass is 647 g/mol. The smallest absolute Gasteiger partial charge is 0.364 e.